The van der Waals surface area contributed by atoms with E-state index in [1.807, 2.05) is 0 Å². The average molecular weight is 977 g/mol. The quantitative estimate of drug-likeness (QED) is 0.0417. The van der Waals surface area contributed by atoms with Crippen LogP contribution in [-0.2, 0) is 14.3 Å². The molecule has 6 nitrogen and oxygen atoms in total. The molecule has 2 atom stereocenters. The van der Waals surface area contributed by atoms with Crippen molar-refractivity contribution in [1.82, 2.24) is 5.32 Å². The fourth-order valence-electron chi connectivity index (χ4n) is 10.3. The van der Waals surface area contributed by atoms with Crippen molar-refractivity contribution >= 4 is 11.9 Å². The second kappa shape index (κ2) is 59.4. The summed E-state index contributed by atoms with van der Waals surface area (Å²) < 4.78 is 5.47. The van der Waals surface area contributed by atoms with E-state index in [2.05, 4.69) is 19.2 Å². The van der Waals surface area contributed by atoms with Gasteiger partial charge in [0.05, 0.1) is 25.4 Å². The Balaban J connectivity index is 3.37. The van der Waals surface area contributed by atoms with Crippen molar-refractivity contribution in [2.24, 2.45) is 0 Å². The predicted molar refractivity (Wildman–Crippen MR) is 301 cm³/mol. The first-order valence-corrected chi connectivity index (χ1v) is 31.8. The molecule has 0 aliphatic rings. The van der Waals surface area contributed by atoms with Crippen LogP contribution in [0.15, 0.2) is 0 Å². The fraction of sp³-hybridized carbons (Fsp3) is 0.968. The third-order valence-corrected chi connectivity index (χ3v) is 15.2. The van der Waals surface area contributed by atoms with Gasteiger partial charge in [-0.25, -0.2) is 0 Å². The summed E-state index contributed by atoms with van der Waals surface area (Å²) in [4.78, 5) is 24.5. The summed E-state index contributed by atoms with van der Waals surface area (Å²) in [6.07, 6.45) is 69.7. The Morgan fingerprint density at radius 3 is 0.884 bits per heavy atom. The van der Waals surface area contributed by atoms with E-state index in [1.165, 1.54) is 295 Å². The van der Waals surface area contributed by atoms with Crippen molar-refractivity contribution in [3.63, 3.8) is 0 Å². The first-order chi connectivity index (χ1) is 34.0. The van der Waals surface area contributed by atoms with Crippen LogP contribution in [0.1, 0.15) is 367 Å². The molecule has 412 valence electrons. The molecule has 0 rings (SSSR count). The van der Waals surface area contributed by atoms with Crippen LogP contribution in [0.3, 0.4) is 0 Å². The van der Waals surface area contributed by atoms with Gasteiger partial charge in [0.2, 0.25) is 5.91 Å². The summed E-state index contributed by atoms with van der Waals surface area (Å²) in [5.41, 5.74) is 0. The number of amides is 1. The fourth-order valence-corrected chi connectivity index (χ4v) is 10.3. The summed E-state index contributed by atoms with van der Waals surface area (Å²) in [5.74, 6) is -0.0151. The Morgan fingerprint density at radius 2 is 0.594 bits per heavy atom. The second-order valence-electron chi connectivity index (χ2n) is 22.1. The molecule has 0 aromatic carbocycles. The lowest BCUT2D eigenvalue weighted by atomic mass is 10.0. The molecule has 0 fully saturated rings. The Bertz CT molecular complexity index is 990. The molecule has 3 N–H and O–H groups in total. The number of hydrogen-bond donors (Lipinski definition) is 3. The summed E-state index contributed by atoms with van der Waals surface area (Å²) in [6.45, 7) is 4.98. The molecule has 1 amide bonds. The molecule has 0 aromatic rings. The summed E-state index contributed by atoms with van der Waals surface area (Å²) in [7, 11) is 0. The highest BCUT2D eigenvalue weighted by Gasteiger charge is 2.20. The minimum atomic E-state index is -0.663. The van der Waals surface area contributed by atoms with Crippen molar-refractivity contribution < 1.29 is 24.5 Å². The molecule has 0 aliphatic carbocycles. The largest absolute Gasteiger partial charge is 0.466 e. The Kier molecular flexibility index (Phi) is 58.4. The van der Waals surface area contributed by atoms with Crippen LogP contribution in [0, 0.1) is 0 Å². The van der Waals surface area contributed by atoms with Gasteiger partial charge in [0.1, 0.15) is 0 Å². The molecule has 0 aromatic heterocycles. The number of aliphatic hydroxyl groups is 2. The van der Waals surface area contributed by atoms with E-state index >= 15 is 0 Å². The van der Waals surface area contributed by atoms with Gasteiger partial charge in [-0.05, 0) is 25.7 Å². The summed E-state index contributed by atoms with van der Waals surface area (Å²) in [5, 5.41) is 23.4. The van der Waals surface area contributed by atoms with Crippen LogP contribution in [-0.4, -0.2) is 47.4 Å². The monoisotopic (exact) mass is 976 g/mol. The molecule has 0 saturated heterocycles. The molecule has 0 aliphatic heterocycles. The number of carbonyl (C=O) groups excluding carboxylic acids is 2. The second-order valence-corrected chi connectivity index (χ2v) is 22.1. The number of esters is 1. The number of hydrogen-bond acceptors (Lipinski definition) is 5. The van der Waals surface area contributed by atoms with Crippen molar-refractivity contribution in [2.45, 2.75) is 379 Å². The van der Waals surface area contributed by atoms with Crippen LogP contribution >= 0.6 is 0 Å². The van der Waals surface area contributed by atoms with Gasteiger partial charge in [0, 0.05) is 12.8 Å². The van der Waals surface area contributed by atoms with Gasteiger partial charge in [-0.15, -0.1) is 0 Å². The third kappa shape index (κ3) is 56.0. The van der Waals surface area contributed by atoms with Gasteiger partial charge < -0.3 is 20.3 Å². The predicted octanol–water partition coefficient (Wildman–Crippen LogP) is 19.9. The van der Waals surface area contributed by atoms with Gasteiger partial charge in [-0.3, -0.25) is 9.59 Å². The van der Waals surface area contributed by atoms with Crippen LogP contribution in [0.2, 0.25) is 0 Å². The maximum absolute atomic E-state index is 12.5. The zero-order valence-electron chi connectivity index (χ0n) is 47.1. The van der Waals surface area contributed by atoms with Crippen LogP contribution in [0.25, 0.3) is 0 Å². The van der Waals surface area contributed by atoms with E-state index in [-0.39, 0.29) is 18.5 Å². The zero-order chi connectivity index (χ0) is 50.0. The van der Waals surface area contributed by atoms with Crippen LogP contribution < -0.4 is 5.32 Å². The maximum atomic E-state index is 12.5. The molecule has 0 bridgehead atoms. The standard InChI is InChI=1S/C63H125NO5/c1-3-5-7-9-11-13-15-16-17-18-26-29-32-36-39-43-47-51-55-61(66)60(59-65)64-62(67)56-52-48-44-40-37-33-30-27-24-22-20-19-21-23-25-28-31-34-38-42-46-50-54-58-69-63(68)57-53-49-45-41-35-14-12-10-8-6-4-2/h60-61,65-66H,3-59H2,1-2H3,(H,64,67). The molecule has 0 saturated carbocycles. The lowest BCUT2D eigenvalue weighted by Gasteiger charge is -2.22. The van der Waals surface area contributed by atoms with Gasteiger partial charge in [-0.2, -0.15) is 0 Å². The van der Waals surface area contributed by atoms with Crippen molar-refractivity contribution in [2.75, 3.05) is 13.2 Å². The number of rotatable bonds is 60. The molecular formula is C63H125NO5. The van der Waals surface area contributed by atoms with Crippen LogP contribution in [0.5, 0.6) is 0 Å². The molecule has 6 heteroatoms. The van der Waals surface area contributed by atoms with Crippen molar-refractivity contribution in [1.29, 1.82) is 0 Å². The minimum Gasteiger partial charge on any atom is -0.466 e. The van der Waals surface area contributed by atoms with Crippen molar-refractivity contribution in [3.05, 3.63) is 0 Å². The number of ether oxygens (including phenoxy) is 1. The highest BCUT2D eigenvalue weighted by Crippen LogP contribution is 2.19. The summed E-state index contributed by atoms with van der Waals surface area (Å²) >= 11 is 0. The minimum absolute atomic E-state index is 0.0152. The highest BCUT2D eigenvalue weighted by molar-refractivity contribution is 5.76. The molecule has 69 heavy (non-hydrogen) atoms. The lowest BCUT2D eigenvalue weighted by molar-refractivity contribution is -0.143. The first-order valence-electron chi connectivity index (χ1n) is 31.8. The van der Waals surface area contributed by atoms with E-state index in [0.29, 0.717) is 25.9 Å². The first kappa shape index (κ1) is 67.9. The molecule has 2 unspecified atom stereocenters. The summed E-state index contributed by atoms with van der Waals surface area (Å²) in [6, 6.07) is -0.540. The lowest BCUT2D eigenvalue weighted by Crippen LogP contribution is -2.45. The number of nitrogens with one attached hydrogen (secondary N) is 1. The Morgan fingerprint density at radius 1 is 0.348 bits per heavy atom. The SMILES string of the molecule is CCCCCCCCCCCCCCCCCCCCC(O)C(CO)NC(=O)CCCCCCCCCCCCCCCCCCCCCCCCCOC(=O)CCCCCCCCCCCCC. The van der Waals surface area contributed by atoms with E-state index in [1.54, 1.807) is 0 Å². The van der Waals surface area contributed by atoms with E-state index in [0.717, 1.165) is 38.5 Å². The molecule has 0 radical (unpaired) electrons. The van der Waals surface area contributed by atoms with Gasteiger partial charge in [0.25, 0.3) is 0 Å². The van der Waals surface area contributed by atoms with Crippen LogP contribution in [0.4, 0.5) is 0 Å². The Labute approximate surface area is 432 Å². The molecular weight excluding hydrogens is 851 g/mol. The normalized spacial score (nSPS) is 12.5. The zero-order valence-corrected chi connectivity index (χ0v) is 47.1. The van der Waals surface area contributed by atoms with E-state index in [4.69, 9.17) is 4.74 Å². The van der Waals surface area contributed by atoms with E-state index in [9.17, 15) is 19.8 Å². The topological polar surface area (TPSA) is 95.9 Å². The van der Waals surface area contributed by atoms with E-state index < -0.39 is 12.1 Å². The third-order valence-electron chi connectivity index (χ3n) is 15.2. The maximum Gasteiger partial charge on any atom is 0.305 e. The Hall–Kier alpha value is -1.14. The number of carbonyl (C=O) groups is 2. The smallest absolute Gasteiger partial charge is 0.305 e. The number of unbranched alkanes of at least 4 members (excludes halogenated alkanes) is 49. The molecule has 0 heterocycles. The van der Waals surface area contributed by atoms with Crippen molar-refractivity contribution in [3.8, 4) is 0 Å². The van der Waals surface area contributed by atoms with Gasteiger partial charge in [-0.1, -0.05) is 328 Å². The van der Waals surface area contributed by atoms with Gasteiger partial charge in [0.15, 0.2) is 0 Å². The highest BCUT2D eigenvalue weighted by atomic mass is 16.5. The molecule has 0 spiro atoms. The van der Waals surface area contributed by atoms with Gasteiger partial charge >= 0.3 is 5.97 Å². The average Bonchev–Trinajstić information content (AvgIpc) is 3.35. The number of aliphatic hydroxyl groups excluding tert-OH is 2.